The third-order valence-corrected chi connectivity index (χ3v) is 5.80. The Morgan fingerprint density at radius 2 is 1.71 bits per heavy atom. The molecular weight excluding hydrogens is 440 g/mol. The van der Waals surface area contributed by atoms with Crippen LogP contribution in [0.4, 0.5) is 0 Å². The van der Waals surface area contributed by atoms with Gasteiger partial charge < -0.3 is 10.1 Å². The maximum absolute atomic E-state index is 12.2. The molecule has 3 aromatic rings. The van der Waals surface area contributed by atoms with Crippen molar-refractivity contribution in [2.45, 2.75) is 38.5 Å². The van der Waals surface area contributed by atoms with Crippen molar-refractivity contribution in [1.29, 1.82) is 0 Å². The van der Waals surface area contributed by atoms with Gasteiger partial charge in [-0.15, -0.1) is 0 Å². The lowest BCUT2D eigenvalue weighted by molar-refractivity contribution is -0.198. The number of ether oxygens (including phenoxy) is 1. The van der Waals surface area contributed by atoms with Gasteiger partial charge in [0, 0.05) is 26.0 Å². The molecule has 0 saturated carbocycles. The summed E-state index contributed by atoms with van der Waals surface area (Å²) in [6.45, 7) is 2.16. The van der Waals surface area contributed by atoms with Crippen LogP contribution in [0.25, 0.3) is 17.2 Å². The van der Waals surface area contributed by atoms with Crippen LogP contribution < -0.4 is 10.8 Å². The molecule has 1 heterocycles. The maximum atomic E-state index is 12.2. The highest BCUT2D eigenvalue weighted by molar-refractivity contribution is 5.91. The first kappa shape index (κ1) is 24.4. The van der Waals surface area contributed by atoms with Crippen LogP contribution in [0.2, 0.25) is 0 Å². The van der Waals surface area contributed by atoms with E-state index in [1.54, 1.807) is 6.08 Å². The van der Waals surface area contributed by atoms with Crippen LogP contribution in [0.5, 0.6) is 0 Å². The molecule has 2 unspecified atom stereocenters. The van der Waals surface area contributed by atoms with Crippen molar-refractivity contribution >= 4 is 17.9 Å². The number of rotatable bonds is 8. The fourth-order valence-electron chi connectivity index (χ4n) is 4.04. The smallest absolute Gasteiger partial charge is 0.267 e. The van der Waals surface area contributed by atoms with E-state index < -0.39 is 6.29 Å². The number of hydrogen-bond donors (Lipinski definition) is 2. The highest BCUT2D eigenvalue weighted by atomic mass is 16.8. The standard InChI is InChI=1S/C29H30N2O4/c1-21(32)30-29(25-16-14-24(15-17-25)23-9-3-2-4-10-23)26-11-7-8-22(20-26)13-18-27(33)31-35-28-12-5-6-19-34-28/h2-4,7-11,13-18,20,28-29H,5-6,12,19H2,1H3,(H,30,32)(H,31,33)/b18-13+. The zero-order chi connectivity index (χ0) is 24.5. The Labute approximate surface area is 205 Å². The van der Waals surface area contributed by atoms with Crippen molar-refractivity contribution in [2.24, 2.45) is 0 Å². The van der Waals surface area contributed by atoms with Gasteiger partial charge in [-0.2, -0.15) is 0 Å². The van der Waals surface area contributed by atoms with Gasteiger partial charge in [0.2, 0.25) is 5.91 Å². The van der Waals surface area contributed by atoms with Crippen LogP contribution in [0.1, 0.15) is 48.9 Å². The van der Waals surface area contributed by atoms with Gasteiger partial charge in [-0.1, -0.05) is 72.8 Å². The first-order valence-electron chi connectivity index (χ1n) is 11.9. The van der Waals surface area contributed by atoms with E-state index in [0.29, 0.717) is 6.61 Å². The summed E-state index contributed by atoms with van der Waals surface area (Å²) in [6, 6.07) is 25.8. The quantitative estimate of drug-likeness (QED) is 0.352. The molecule has 1 aliphatic heterocycles. The Hall–Kier alpha value is -3.74. The van der Waals surface area contributed by atoms with Gasteiger partial charge in [0.15, 0.2) is 6.29 Å². The van der Waals surface area contributed by atoms with E-state index in [9.17, 15) is 9.59 Å². The summed E-state index contributed by atoms with van der Waals surface area (Å²) in [5.74, 6) is -0.482. The monoisotopic (exact) mass is 470 g/mol. The summed E-state index contributed by atoms with van der Waals surface area (Å²) in [7, 11) is 0. The highest BCUT2D eigenvalue weighted by Gasteiger charge is 2.17. The first-order valence-corrected chi connectivity index (χ1v) is 11.9. The molecule has 4 rings (SSSR count). The molecule has 0 bridgehead atoms. The molecule has 1 aliphatic rings. The third kappa shape index (κ3) is 7.12. The van der Waals surface area contributed by atoms with Crippen molar-refractivity contribution < 1.29 is 19.2 Å². The van der Waals surface area contributed by atoms with Gasteiger partial charge in [-0.25, -0.2) is 10.3 Å². The van der Waals surface area contributed by atoms with Gasteiger partial charge >= 0.3 is 0 Å². The molecule has 6 nitrogen and oxygen atoms in total. The summed E-state index contributed by atoms with van der Waals surface area (Å²) in [6.07, 6.45) is 5.55. The molecule has 3 aromatic carbocycles. The number of hydroxylamine groups is 1. The summed E-state index contributed by atoms with van der Waals surface area (Å²) >= 11 is 0. The molecule has 180 valence electrons. The van der Waals surface area contributed by atoms with Gasteiger partial charge in [-0.3, -0.25) is 9.59 Å². The van der Waals surface area contributed by atoms with E-state index in [1.165, 1.54) is 13.0 Å². The molecule has 6 heteroatoms. The van der Waals surface area contributed by atoms with Crippen LogP contribution in [0, 0.1) is 0 Å². The molecule has 0 spiro atoms. The number of benzene rings is 3. The Morgan fingerprint density at radius 1 is 0.943 bits per heavy atom. The van der Waals surface area contributed by atoms with E-state index in [1.807, 2.05) is 54.6 Å². The van der Waals surface area contributed by atoms with Crippen molar-refractivity contribution in [3.05, 3.63) is 102 Å². The molecule has 2 amide bonds. The summed E-state index contributed by atoms with van der Waals surface area (Å²) in [5, 5.41) is 3.04. The molecule has 0 radical (unpaired) electrons. The number of amides is 2. The van der Waals surface area contributed by atoms with E-state index in [4.69, 9.17) is 9.57 Å². The minimum absolute atomic E-state index is 0.121. The molecule has 2 atom stereocenters. The average Bonchev–Trinajstić information content (AvgIpc) is 2.91. The van der Waals surface area contributed by atoms with Gasteiger partial charge in [0.05, 0.1) is 6.04 Å². The molecule has 2 N–H and O–H groups in total. The van der Waals surface area contributed by atoms with Crippen LogP contribution in [0.3, 0.4) is 0 Å². The zero-order valence-corrected chi connectivity index (χ0v) is 19.8. The van der Waals surface area contributed by atoms with Crippen molar-refractivity contribution in [3.8, 4) is 11.1 Å². The largest absolute Gasteiger partial charge is 0.350 e. The number of nitrogens with one attached hydrogen (secondary N) is 2. The topological polar surface area (TPSA) is 76.7 Å². The lowest BCUT2D eigenvalue weighted by Crippen LogP contribution is -2.32. The number of hydrogen-bond acceptors (Lipinski definition) is 4. The maximum Gasteiger partial charge on any atom is 0.267 e. The second kappa shape index (κ2) is 12.1. The highest BCUT2D eigenvalue weighted by Crippen LogP contribution is 2.27. The Balaban J connectivity index is 1.46. The average molecular weight is 471 g/mol. The second-order valence-electron chi connectivity index (χ2n) is 8.51. The van der Waals surface area contributed by atoms with E-state index in [-0.39, 0.29) is 17.9 Å². The summed E-state index contributed by atoms with van der Waals surface area (Å²) in [5.41, 5.74) is 7.40. The minimum Gasteiger partial charge on any atom is -0.350 e. The fraction of sp³-hybridized carbons (Fsp3) is 0.241. The fourth-order valence-corrected chi connectivity index (χ4v) is 4.04. The minimum atomic E-state index is -0.392. The Kier molecular flexibility index (Phi) is 8.44. The SMILES string of the molecule is CC(=O)NC(c1ccc(-c2ccccc2)cc1)c1cccc(/C=C/C(=O)NOC2CCCCO2)c1. The van der Waals surface area contributed by atoms with Gasteiger partial charge in [0.25, 0.3) is 5.91 Å². The third-order valence-electron chi connectivity index (χ3n) is 5.80. The molecule has 1 saturated heterocycles. The number of carbonyl (C=O) groups excluding carboxylic acids is 2. The van der Waals surface area contributed by atoms with E-state index in [0.717, 1.165) is 47.1 Å². The molecular formula is C29H30N2O4. The zero-order valence-electron chi connectivity index (χ0n) is 19.8. The Bertz CT molecular complexity index is 1150. The predicted molar refractivity (Wildman–Crippen MR) is 136 cm³/mol. The van der Waals surface area contributed by atoms with Crippen LogP contribution in [-0.2, 0) is 19.2 Å². The van der Waals surface area contributed by atoms with E-state index >= 15 is 0 Å². The summed E-state index contributed by atoms with van der Waals surface area (Å²) < 4.78 is 5.44. The van der Waals surface area contributed by atoms with E-state index in [2.05, 4.69) is 35.1 Å². The van der Waals surface area contributed by atoms with Crippen LogP contribution in [-0.4, -0.2) is 24.7 Å². The van der Waals surface area contributed by atoms with Crippen LogP contribution >= 0.6 is 0 Å². The van der Waals surface area contributed by atoms with Gasteiger partial charge in [-0.05, 0) is 52.8 Å². The van der Waals surface area contributed by atoms with Crippen molar-refractivity contribution in [3.63, 3.8) is 0 Å². The van der Waals surface area contributed by atoms with Crippen LogP contribution in [0.15, 0.2) is 84.9 Å². The second-order valence-corrected chi connectivity index (χ2v) is 8.51. The van der Waals surface area contributed by atoms with Gasteiger partial charge in [0.1, 0.15) is 0 Å². The molecule has 0 aliphatic carbocycles. The first-order chi connectivity index (χ1) is 17.1. The molecule has 1 fully saturated rings. The lowest BCUT2D eigenvalue weighted by Gasteiger charge is -2.21. The predicted octanol–water partition coefficient (Wildman–Crippen LogP) is 5.17. The molecule has 0 aromatic heterocycles. The van der Waals surface area contributed by atoms with Crippen molar-refractivity contribution in [2.75, 3.05) is 6.61 Å². The lowest BCUT2D eigenvalue weighted by atomic mass is 9.95. The normalized spacial score (nSPS) is 16.5. The number of carbonyl (C=O) groups is 2. The van der Waals surface area contributed by atoms with Crippen molar-refractivity contribution in [1.82, 2.24) is 10.8 Å². The Morgan fingerprint density at radius 3 is 2.43 bits per heavy atom. The summed E-state index contributed by atoms with van der Waals surface area (Å²) in [4.78, 5) is 29.5. The molecule has 35 heavy (non-hydrogen) atoms.